The molecule has 2 aromatic rings. The molecule has 4 heterocycles. The molecule has 0 aliphatic carbocycles. The Morgan fingerprint density at radius 1 is 1.05 bits per heavy atom. The van der Waals surface area contributed by atoms with Crippen molar-refractivity contribution in [2.24, 2.45) is 13.0 Å². The smallest absolute Gasteiger partial charge is 0.410 e. The number of aryl methyl sites for hydroxylation is 1. The lowest BCUT2D eigenvalue weighted by molar-refractivity contribution is -0.134. The van der Waals surface area contributed by atoms with E-state index in [4.69, 9.17) is 4.74 Å². The van der Waals surface area contributed by atoms with Crippen LogP contribution in [0.5, 0.6) is 0 Å². The Morgan fingerprint density at radius 2 is 1.76 bits per heavy atom. The number of nitrogens with zero attached hydrogens (tertiary/aromatic N) is 5. The summed E-state index contributed by atoms with van der Waals surface area (Å²) in [6.07, 6.45) is 2.91. The van der Waals surface area contributed by atoms with E-state index in [1.54, 1.807) is 0 Å². The SMILES string of the molecule is Cn1nc(C2CCC(=O)NC2=O)c2ccc(N3CCC(CN4CCN(C(=O)OC(C)(C)C)CC4)CC3)cc21. The van der Waals surface area contributed by atoms with Crippen molar-refractivity contribution >= 4 is 34.5 Å². The zero-order valence-electron chi connectivity index (χ0n) is 23.0. The molecule has 1 unspecified atom stereocenters. The molecule has 1 aromatic heterocycles. The maximum absolute atomic E-state index is 12.4. The molecule has 0 spiro atoms. The van der Waals surface area contributed by atoms with Crippen LogP contribution in [0, 0.1) is 5.92 Å². The van der Waals surface area contributed by atoms with Crippen LogP contribution in [-0.2, 0) is 21.4 Å². The highest BCUT2D eigenvalue weighted by Crippen LogP contribution is 2.33. The number of nitrogens with one attached hydrogen (secondary N) is 1. The van der Waals surface area contributed by atoms with Gasteiger partial charge in [0.25, 0.3) is 0 Å². The van der Waals surface area contributed by atoms with Gasteiger partial charge in [-0.05, 0) is 64.2 Å². The summed E-state index contributed by atoms with van der Waals surface area (Å²) < 4.78 is 7.37. The Kier molecular flexibility index (Phi) is 7.35. The van der Waals surface area contributed by atoms with Gasteiger partial charge in [0.05, 0.1) is 17.1 Å². The third-order valence-electron chi connectivity index (χ3n) is 7.95. The van der Waals surface area contributed by atoms with Gasteiger partial charge < -0.3 is 14.5 Å². The van der Waals surface area contributed by atoms with Gasteiger partial charge in [-0.25, -0.2) is 4.79 Å². The zero-order chi connectivity index (χ0) is 27.0. The van der Waals surface area contributed by atoms with Crippen molar-refractivity contribution in [3.8, 4) is 0 Å². The number of rotatable bonds is 4. The second-order valence-electron chi connectivity index (χ2n) is 11.9. The van der Waals surface area contributed by atoms with Gasteiger partial charge >= 0.3 is 6.09 Å². The molecule has 1 aromatic carbocycles. The average Bonchev–Trinajstić information content (AvgIpc) is 3.19. The maximum Gasteiger partial charge on any atom is 0.410 e. The molecule has 3 saturated heterocycles. The summed E-state index contributed by atoms with van der Waals surface area (Å²) in [6, 6.07) is 6.39. The number of carbonyl (C=O) groups excluding carboxylic acids is 3. The minimum absolute atomic E-state index is 0.208. The molecule has 10 nitrogen and oxygen atoms in total. The fourth-order valence-corrected chi connectivity index (χ4v) is 5.86. The zero-order valence-corrected chi connectivity index (χ0v) is 23.0. The minimum Gasteiger partial charge on any atom is -0.444 e. The Morgan fingerprint density at radius 3 is 2.42 bits per heavy atom. The summed E-state index contributed by atoms with van der Waals surface area (Å²) in [5.41, 5.74) is 2.48. The standard InChI is InChI=1S/C28H40N6O4/c1-28(2,3)38-27(37)34-15-13-32(14-16-34)18-19-9-11-33(12-10-19)20-5-6-21-23(17-20)31(4)30-25(21)22-7-8-24(35)29-26(22)36/h5-6,17,19,22H,7-16,18H2,1-4H3,(H,29,35,36). The number of hydrogen-bond donors (Lipinski definition) is 1. The highest BCUT2D eigenvalue weighted by atomic mass is 16.6. The number of hydrogen-bond acceptors (Lipinski definition) is 7. The highest BCUT2D eigenvalue weighted by Gasteiger charge is 2.32. The van der Waals surface area contributed by atoms with Gasteiger partial charge in [0.15, 0.2) is 0 Å². The predicted molar refractivity (Wildman–Crippen MR) is 145 cm³/mol. The molecule has 1 atom stereocenters. The molecule has 3 aliphatic rings. The van der Waals surface area contributed by atoms with E-state index in [1.165, 1.54) is 5.69 Å². The number of piperidine rings is 2. The number of fused-ring (bicyclic) bond motifs is 1. The Hall–Kier alpha value is -3.14. The molecule has 0 bridgehead atoms. The van der Waals surface area contributed by atoms with Crippen LogP contribution in [-0.4, -0.2) is 88.9 Å². The summed E-state index contributed by atoms with van der Waals surface area (Å²) in [6.45, 7) is 12.0. The lowest BCUT2D eigenvalue weighted by Crippen LogP contribution is -2.51. The van der Waals surface area contributed by atoms with Crippen LogP contribution in [0.3, 0.4) is 0 Å². The van der Waals surface area contributed by atoms with Crippen molar-refractivity contribution < 1.29 is 19.1 Å². The normalized spacial score (nSPS) is 22.2. The van der Waals surface area contributed by atoms with Gasteiger partial charge in [-0.2, -0.15) is 5.10 Å². The molecule has 3 aliphatic heterocycles. The summed E-state index contributed by atoms with van der Waals surface area (Å²) in [5.74, 6) is -0.193. The van der Waals surface area contributed by atoms with Gasteiger partial charge in [0.2, 0.25) is 11.8 Å². The van der Waals surface area contributed by atoms with E-state index in [1.807, 2.05) is 37.4 Å². The molecule has 3 fully saturated rings. The fourth-order valence-electron chi connectivity index (χ4n) is 5.86. The van der Waals surface area contributed by atoms with E-state index >= 15 is 0 Å². The third-order valence-corrected chi connectivity index (χ3v) is 7.95. The molecule has 10 heteroatoms. The quantitative estimate of drug-likeness (QED) is 0.614. The number of anilines is 1. The minimum atomic E-state index is -0.459. The van der Waals surface area contributed by atoms with Crippen molar-refractivity contribution in [3.63, 3.8) is 0 Å². The lowest BCUT2D eigenvalue weighted by Gasteiger charge is -2.39. The Balaban J connectivity index is 1.14. The topological polar surface area (TPSA) is 100 Å². The summed E-state index contributed by atoms with van der Waals surface area (Å²) in [7, 11) is 1.91. The monoisotopic (exact) mass is 524 g/mol. The van der Waals surface area contributed by atoms with E-state index in [9.17, 15) is 14.4 Å². The van der Waals surface area contributed by atoms with Gasteiger partial charge in [-0.15, -0.1) is 0 Å². The maximum atomic E-state index is 12.4. The second-order valence-corrected chi connectivity index (χ2v) is 11.9. The second kappa shape index (κ2) is 10.6. The van der Waals surface area contributed by atoms with Crippen LogP contribution in [0.1, 0.15) is 58.1 Å². The van der Waals surface area contributed by atoms with Gasteiger partial charge in [-0.3, -0.25) is 24.5 Å². The van der Waals surface area contributed by atoms with Gasteiger partial charge in [0, 0.05) is 70.4 Å². The molecule has 38 heavy (non-hydrogen) atoms. The van der Waals surface area contributed by atoms with Crippen LogP contribution in [0.2, 0.25) is 0 Å². The van der Waals surface area contributed by atoms with E-state index in [0.29, 0.717) is 18.8 Å². The highest BCUT2D eigenvalue weighted by molar-refractivity contribution is 6.02. The number of benzene rings is 1. The molecule has 206 valence electrons. The van der Waals surface area contributed by atoms with Crippen LogP contribution < -0.4 is 10.2 Å². The average molecular weight is 525 g/mol. The predicted octanol–water partition coefficient (Wildman–Crippen LogP) is 2.86. The Labute approximate surface area is 224 Å². The first kappa shape index (κ1) is 26.5. The largest absolute Gasteiger partial charge is 0.444 e. The first-order chi connectivity index (χ1) is 18.1. The molecule has 1 N–H and O–H groups in total. The molecular formula is C28H40N6O4. The Bertz CT molecular complexity index is 1200. The van der Waals surface area contributed by atoms with Gasteiger partial charge in [-0.1, -0.05) is 0 Å². The molecule has 0 radical (unpaired) electrons. The fraction of sp³-hybridized carbons (Fsp3) is 0.643. The molecular weight excluding hydrogens is 484 g/mol. The van der Waals surface area contributed by atoms with Crippen LogP contribution in [0.4, 0.5) is 10.5 Å². The van der Waals surface area contributed by atoms with Crippen molar-refractivity contribution in [3.05, 3.63) is 23.9 Å². The number of piperazine rings is 1. The number of aromatic nitrogens is 2. The van der Waals surface area contributed by atoms with Crippen molar-refractivity contribution in [1.82, 2.24) is 24.9 Å². The van der Waals surface area contributed by atoms with E-state index in [-0.39, 0.29) is 23.8 Å². The van der Waals surface area contributed by atoms with E-state index < -0.39 is 5.60 Å². The third kappa shape index (κ3) is 5.80. The number of carbonyl (C=O) groups is 3. The number of amides is 3. The van der Waals surface area contributed by atoms with Crippen molar-refractivity contribution in [1.29, 1.82) is 0 Å². The van der Waals surface area contributed by atoms with E-state index in [0.717, 1.165) is 75.3 Å². The summed E-state index contributed by atoms with van der Waals surface area (Å²) in [5, 5.41) is 8.10. The molecule has 3 amide bonds. The molecule has 5 rings (SSSR count). The first-order valence-electron chi connectivity index (χ1n) is 13.8. The molecule has 0 saturated carbocycles. The number of ether oxygens (including phenoxy) is 1. The lowest BCUT2D eigenvalue weighted by atomic mass is 9.92. The van der Waals surface area contributed by atoms with E-state index in [2.05, 4.69) is 38.4 Å². The van der Waals surface area contributed by atoms with Crippen molar-refractivity contribution in [2.75, 3.05) is 50.7 Å². The van der Waals surface area contributed by atoms with Crippen LogP contribution in [0.25, 0.3) is 10.9 Å². The van der Waals surface area contributed by atoms with Crippen LogP contribution >= 0.6 is 0 Å². The van der Waals surface area contributed by atoms with Crippen LogP contribution in [0.15, 0.2) is 18.2 Å². The summed E-state index contributed by atoms with van der Waals surface area (Å²) >= 11 is 0. The summed E-state index contributed by atoms with van der Waals surface area (Å²) in [4.78, 5) is 43.1. The van der Waals surface area contributed by atoms with Gasteiger partial charge in [0.1, 0.15) is 5.60 Å². The number of imide groups is 1. The van der Waals surface area contributed by atoms with Crippen molar-refractivity contribution in [2.45, 2.75) is 58.0 Å². The first-order valence-corrected chi connectivity index (χ1v) is 13.8.